The SMILES string of the molecule is CCC(C)NC(=O)C(Cc1ccccc1)N(Cc1ccc(Br)cc1)C(=O)CCCN(c1ccc(OC)c(Cl)c1)S(C)(=O)=O. The van der Waals surface area contributed by atoms with Crippen molar-refractivity contribution in [2.45, 2.75) is 58.2 Å². The Hall–Kier alpha value is -3.08. The second-order valence-corrected chi connectivity index (χ2v) is 13.7. The average Bonchev–Trinajstić information content (AvgIpc) is 2.97. The Labute approximate surface area is 268 Å². The molecule has 0 bridgehead atoms. The van der Waals surface area contributed by atoms with Gasteiger partial charge in [-0.2, -0.15) is 0 Å². The highest BCUT2D eigenvalue weighted by Crippen LogP contribution is 2.30. The highest BCUT2D eigenvalue weighted by Gasteiger charge is 2.31. The fraction of sp³-hybridized carbons (Fsp3) is 0.375. The molecule has 0 saturated carbocycles. The fourth-order valence-corrected chi connectivity index (χ4v) is 6.07. The molecule has 1 N–H and O–H groups in total. The minimum absolute atomic E-state index is 0.0360. The molecule has 2 amide bonds. The lowest BCUT2D eigenvalue weighted by Gasteiger charge is -2.32. The van der Waals surface area contributed by atoms with Crippen molar-refractivity contribution in [3.63, 3.8) is 0 Å². The lowest BCUT2D eigenvalue weighted by Crippen LogP contribution is -2.52. The molecule has 0 saturated heterocycles. The summed E-state index contributed by atoms with van der Waals surface area (Å²) in [5.41, 5.74) is 2.18. The molecule has 0 radical (unpaired) electrons. The van der Waals surface area contributed by atoms with Crippen LogP contribution in [0.2, 0.25) is 5.02 Å². The van der Waals surface area contributed by atoms with Crippen LogP contribution in [0, 0.1) is 0 Å². The standard InChI is InChI=1S/C32H39BrClN3O5S/c1-5-23(2)35-32(39)29(20-24-10-7-6-8-11-24)36(22-25-13-15-26(33)16-14-25)31(38)12-9-19-37(43(4,40)41)27-17-18-30(42-3)28(34)21-27/h6-8,10-11,13-18,21,23,29H,5,9,12,19-20,22H2,1-4H3,(H,35,39). The van der Waals surface area contributed by atoms with E-state index in [0.29, 0.717) is 17.9 Å². The lowest BCUT2D eigenvalue weighted by atomic mass is 10.0. The summed E-state index contributed by atoms with van der Waals surface area (Å²) in [6, 6.07) is 21.1. The number of nitrogens with zero attached hydrogens (tertiary/aromatic N) is 2. The third kappa shape index (κ3) is 10.3. The largest absolute Gasteiger partial charge is 0.495 e. The Morgan fingerprint density at radius 2 is 1.70 bits per heavy atom. The quantitative estimate of drug-likeness (QED) is 0.204. The Morgan fingerprint density at radius 1 is 1.02 bits per heavy atom. The van der Waals surface area contributed by atoms with Gasteiger partial charge in [-0.3, -0.25) is 13.9 Å². The summed E-state index contributed by atoms with van der Waals surface area (Å²) in [6.45, 7) is 4.21. The molecule has 8 nitrogen and oxygen atoms in total. The van der Waals surface area contributed by atoms with E-state index in [1.165, 1.54) is 17.5 Å². The van der Waals surface area contributed by atoms with Crippen LogP contribution in [0.25, 0.3) is 0 Å². The summed E-state index contributed by atoms with van der Waals surface area (Å²) >= 11 is 9.72. The number of nitrogens with one attached hydrogen (secondary N) is 1. The van der Waals surface area contributed by atoms with Crippen molar-refractivity contribution in [1.29, 1.82) is 0 Å². The van der Waals surface area contributed by atoms with Gasteiger partial charge in [0.2, 0.25) is 21.8 Å². The molecule has 11 heteroatoms. The van der Waals surface area contributed by atoms with Gasteiger partial charge in [0, 0.05) is 36.4 Å². The molecular weight excluding hydrogens is 654 g/mol. The normalized spacial score (nSPS) is 12.7. The second-order valence-electron chi connectivity index (χ2n) is 10.4. The van der Waals surface area contributed by atoms with Gasteiger partial charge in [-0.1, -0.05) is 76.9 Å². The number of methoxy groups -OCH3 is 1. The first-order valence-corrected chi connectivity index (χ1v) is 17.1. The maximum absolute atomic E-state index is 13.9. The van der Waals surface area contributed by atoms with E-state index in [-0.39, 0.29) is 48.8 Å². The van der Waals surface area contributed by atoms with Gasteiger partial charge in [0.25, 0.3) is 0 Å². The van der Waals surface area contributed by atoms with Gasteiger partial charge in [-0.25, -0.2) is 8.42 Å². The highest BCUT2D eigenvalue weighted by molar-refractivity contribution is 9.10. The minimum Gasteiger partial charge on any atom is -0.495 e. The Kier molecular flexibility index (Phi) is 12.9. The summed E-state index contributed by atoms with van der Waals surface area (Å²) in [5.74, 6) is -0.0450. The number of carbonyl (C=O) groups is 2. The molecule has 2 unspecified atom stereocenters. The van der Waals surface area contributed by atoms with E-state index >= 15 is 0 Å². The first-order valence-electron chi connectivity index (χ1n) is 14.1. The maximum Gasteiger partial charge on any atom is 0.243 e. The zero-order valence-electron chi connectivity index (χ0n) is 24.9. The monoisotopic (exact) mass is 691 g/mol. The number of amides is 2. The van der Waals surface area contributed by atoms with E-state index in [4.69, 9.17) is 16.3 Å². The first kappa shape index (κ1) is 34.4. The number of hydrogen-bond acceptors (Lipinski definition) is 5. The van der Waals surface area contributed by atoms with Crippen LogP contribution in [-0.4, -0.2) is 57.1 Å². The zero-order chi connectivity index (χ0) is 31.6. The lowest BCUT2D eigenvalue weighted by molar-refractivity contribution is -0.141. The van der Waals surface area contributed by atoms with Crippen molar-refractivity contribution in [3.05, 3.63) is 93.4 Å². The first-order chi connectivity index (χ1) is 20.4. The molecule has 3 aromatic carbocycles. The molecule has 232 valence electrons. The van der Waals surface area contributed by atoms with Crippen molar-refractivity contribution in [2.24, 2.45) is 0 Å². The van der Waals surface area contributed by atoms with E-state index in [9.17, 15) is 18.0 Å². The van der Waals surface area contributed by atoms with Crippen LogP contribution in [0.4, 0.5) is 5.69 Å². The number of sulfonamides is 1. The van der Waals surface area contributed by atoms with Gasteiger partial charge >= 0.3 is 0 Å². The van der Waals surface area contributed by atoms with Crippen LogP contribution >= 0.6 is 27.5 Å². The summed E-state index contributed by atoms with van der Waals surface area (Å²) in [5, 5.41) is 3.34. The van der Waals surface area contributed by atoms with Gasteiger partial charge in [0.15, 0.2) is 0 Å². The number of carbonyl (C=O) groups excluding carboxylic acids is 2. The zero-order valence-corrected chi connectivity index (χ0v) is 28.1. The fourth-order valence-electron chi connectivity index (χ4n) is 4.60. The van der Waals surface area contributed by atoms with Crippen molar-refractivity contribution in [1.82, 2.24) is 10.2 Å². The van der Waals surface area contributed by atoms with Gasteiger partial charge < -0.3 is 15.0 Å². The van der Waals surface area contributed by atoms with Crippen molar-refractivity contribution >= 4 is 55.1 Å². The molecule has 0 aliphatic rings. The molecule has 3 aromatic rings. The van der Waals surface area contributed by atoms with Crippen LogP contribution in [-0.2, 0) is 32.6 Å². The molecule has 0 spiro atoms. The van der Waals surface area contributed by atoms with E-state index < -0.39 is 16.1 Å². The van der Waals surface area contributed by atoms with Gasteiger partial charge in [-0.05, 0) is 61.2 Å². The number of anilines is 1. The van der Waals surface area contributed by atoms with Crippen LogP contribution in [0.3, 0.4) is 0 Å². The van der Waals surface area contributed by atoms with Crippen molar-refractivity contribution in [2.75, 3.05) is 24.2 Å². The summed E-state index contributed by atoms with van der Waals surface area (Å²) in [4.78, 5) is 29.2. The number of rotatable bonds is 15. The highest BCUT2D eigenvalue weighted by atomic mass is 79.9. The third-order valence-electron chi connectivity index (χ3n) is 7.11. The predicted molar refractivity (Wildman–Crippen MR) is 176 cm³/mol. The molecular formula is C32H39BrClN3O5S. The smallest absolute Gasteiger partial charge is 0.243 e. The maximum atomic E-state index is 13.9. The van der Waals surface area contributed by atoms with E-state index in [2.05, 4.69) is 21.2 Å². The summed E-state index contributed by atoms with van der Waals surface area (Å²) in [6.07, 6.45) is 2.47. The molecule has 0 heterocycles. The van der Waals surface area contributed by atoms with Crippen LogP contribution in [0.1, 0.15) is 44.2 Å². The van der Waals surface area contributed by atoms with Gasteiger partial charge in [-0.15, -0.1) is 0 Å². The Morgan fingerprint density at radius 3 is 2.28 bits per heavy atom. The second kappa shape index (κ2) is 16.1. The van der Waals surface area contributed by atoms with Crippen LogP contribution in [0.15, 0.2) is 77.3 Å². The third-order valence-corrected chi connectivity index (χ3v) is 9.13. The summed E-state index contributed by atoms with van der Waals surface area (Å²) in [7, 11) is -2.19. The van der Waals surface area contributed by atoms with E-state index in [1.54, 1.807) is 17.0 Å². The van der Waals surface area contributed by atoms with Gasteiger partial charge in [0.05, 0.1) is 24.1 Å². The topological polar surface area (TPSA) is 96.0 Å². The van der Waals surface area contributed by atoms with Crippen molar-refractivity contribution < 1.29 is 22.7 Å². The van der Waals surface area contributed by atoms with E-state index in [1.807, 2.05) is 68.4 Å². The van der Waals surface area contributed by atoms with E-state index in [0.717, 1.165) is 28.3 Å². The average molecular weight is 693 g/mol. The molecule has 0 aliphatic heterocycles. The molecule has 2 atom stereocenters. The molecule has 0 aliphatic carbocycles. The molecule has 0 fully saturated rings. The number of benzene rings is 3. The Bertz CT molecular complexity index is 1470. The van der Waals surface area contributed by atoms with Crippen LogP contribution < -0.4 is 14.4 Å². The van der Waals surface area contributed by atoms with Crippen LogP contribution in [0.5, 0.6) is 5.75 Å². The minimum atomic E-state index is -3.67. The Balaban J connectivity index is 1.89. The van der Waals surface area contributed by atoms with Gasteiger partial charge in [0.1, 0.15) is 11.8 Å². The number of halogens is 2. The summed E-state index contributed by atoms with van der Waals surface area (Å²) < 4.78 is 32.7. The number of hydrogen-bond donors (Lipinski definition) is 1. The van der Waals surface area contributed by atoms with Crippen molar-refractivity contribution in [3.8, 4) is 5.75 Å². The predicted octanol–water partition coefficient (Wildman–Crippen LogP) is 6.21. The number of ether oxygens (including phenoxy) is 1. The molecule has 0 aromatic heterocycles. The molecule has 43 heavy (non-hydrogen) atoms. The molecule has 3 rings (SSSR count).